The number of pyridine rings is 1. The highest BCUT2D eigenvalue weighted by Gasteiger charge is 2.52. The molecule has 1 unspecified atom stereocenters. The second-order valence-corrected chi connectivity index (χ2v) is 12.4. The van der Waals surface area contributed by atoms with Crippen molar-refractivity contribution in [2.75, 3.05) is 13.1 Å². The van der Waals surface area contributed by atoms with E-state index in [4.69, 9.17) is 0 Å². The van der Waals surface area contributed by atoms with Crippen LogP contribution in [0.3, 0.4) is 0 Å². The average Bonchev–Trinajstić information content (AvgIpc) is 3.67. The first-order valence-electron chi connectivity index (χ1n) is 11.2. The van der Waals surface area contributed by atoms with Gasteiger partial charge in [0.25, 0.3) is 10.0 Å². The van der Waals surface area contributed by atoms with Crippen molar-refractivity contribution >= 4 is 42.1 Å². The molecule has 1 fully saturated rings. The van der Waals surface area contributed by atoms with Crippen LogP contribution in [0.1, 0.15) is 12.5 Å². The number of alkyl halides is 3. The van der Waals surface area contributed by atoms with Crippen molar-refractivity contribution in [3.05, 3.63) is 61.2 Å². The van der Waals surface area contributed by atoms with Crippen molar-refractivity contribution in [3.8, 4) is 11.6 Å². The Morgan fingerprint density at radius 2 is 1.79 bits per heavy atom. The largest absolute Gasteiger partial charge is 0.511 e. The molecule has 5 aromatic rings. The Labute approximate surface area is 213 Å². The number of nitrogens with zero attached hydrogens (tertiary/aromatic N) is 6. The summed E-state index contributed by atoms with van der Waals surface area (Å²) >= 11 is 0. The predicted molar refractivity (Wildman–Crippen MR) is 130 cm³/mol. The molecule has 0 radical (unpaired) electrons. The standard InChI is InChI=1S/C22H18F3N7O4S2/c23-22(24,25)38(35,36)30-10-6-14(13-30)32-18-16-7-11-31(37(33,34)15-4-2-1-3-5-15)20(16)28-12-17(18)29-21(32)19-26-8-9-27-19/h1-5,7-9,11-12,14H,6,10,13H2,(H,26,27). The Hall–Kier alpha value is -3.76. The van der Waals surface area contributed by atoms with Crippen LogP contribution in [-0.4, -0.2) is 68.2 Å². The maximum atomic E-state index is 13.3. The zero-order chi connectivity index (χ0) is 26.9. The van der Waals surface area contributed by atoms with E-state index in [0.717, 1.165) is 3.97 Å². The number of hydrogen-bond donors (Lipinski definition) is 1. The topological polar surface area (TPSA) is 136 Å². The number of hydrogen-bond acceptors (Lipinski definition) is 7. The number of aromatic nitrogens is 6. The maximum absolute atomic E-state index is 13.3. The number of halogens is 3. The van der Waals surface area contributed by atoms with E-state index in [1.54, 1.807) is 29.0 Å². The fourth-order valence-corrected chi connectivity index (χ4v) is 7.07. The minimum absolute atomic E-state index is 0.0490. The number of nitrogens with one attached hydrogen (secondary N) is 1. The number of rotatable bonds is 5. The smallest absolute Gasteiger partial charge is 0.342 e. The van der Waals surface area contributed by atoms with E-state index in [9.17, 15) is 30.0 Å². The Morgan fingerprint density at radius 1 is 1.03 bits per heavy atom. The molecule has 38 heavy (non-hydrogen) atoms. The Balaban J connectivity index is 1.55. The minimum Gasteiger partial charge on any atom is -0.342 e. The fraction of sp³-hybridized carbons (Fsp3) is 0.227. The molecular weight excluding hydrogens is 547 g/mol. The van der Waals surface area contributed by atoms with Crippen molar-refractivity contribution in [3.63, 3.8) is 0 Å². The third-order valence-electron chi connectivity index (χ3n) is 6.46. The van der Waals surface area contributed by atoms with Crippen molar-refractivity contribution in [1.82, 2.24) is 32.8 Å². The lowest BCUT2D eigenvalue weighted by Crippen LogP contribution is -2.39. The van der Waals surface area contributed by atoms with Gasteiger partial charge in [-0.15, -0.1) is 0 Å². The molecule has 4 aromatic heterocycles. The van der Waals surface area contributed by atoms with Gasteiger partial charge in [-0.05, 0) is 24.6 Å². The molecule has 0 amide bonds. The third kappa shape index (κ3) is 3.62. The lowest BCUT2D eigenvalue weighted by molar-refractivity contribution is -0.0484. The highest BCUT2D eigenvalue weighted by molar-refractivity contribution is 7.90. The summed E-state index contributed by atoms with van der Waals surface area (Å²) in [6.45, 7) is -0.796. The van der Waals surface area contributed by atoms with Crippen molar-refractivity contribution in [2.45, 2.75) is 22.9 Å². The van der Waals surface area contributed by atoms with Gasteiger partial charge in [-0.1, -0.05) is 18.2 Å². The fourth-order valence-electron chi connectivity index (χ4n) is 4.74. The number of H-pyrrole nitrogens is 1. The molecule has 16 heteroatoms. The highest BCUT2D eigenvalue weighted by Crippen LogP contribution is 2.38. The van der Waals surface area contributed by atoms with Crippen molar-refractivity contribution in [2.24, 2.45) is 0 Å². The number of fused-ring (bicyclic) bond motifs is 3. The first-order chi connectivity index (χ1) is 18.0. The molecule has 1 aliphatic rings. The van der Waals surface area contributed by atoms with Crippen LogP contribution in [0, 0.1) is 0 Å². The third-order valence-corrected chi connectivity index (χ3v) is 9.74. The van der Waals surface area contributed by atoms with Crippen molar-refractivity contribution < 1.29 is 30.0 Å². The molecular formula is C22H18F3N7O4S2. The van der Waals surface area contributed by atoms with Gasteiger partial charge in [0.15, 0.2) is 17.3 Å². The summed E-state index contributed by atoms with van der Waals surface area (Å²) in [5.41, 5.74) is -4.59. The molecule has 1 aliphatic heterocycles. The zero-order valence-electron chi connectivity index (χ0n) is 19.2. The summed E-state index contributed by atoms with van der Waals surface area (Å²) in [6, 6.07) is 8.57. The molecule has 0 aliphatic carbocycles. The molecule has 1 atom stereocenters. The number of imidazole rings is 2. The van der Waals surface area contributed by atoms with Gasteiger partial charge < -0.3 is 9.55 Å². The van der Waals surface area contributed by atoms with Gasteiger partial charge in [0.1, 0.15) is 5.52 Å². The van der Waals surface area contributed by atoms with Crippen LogP contribution in [0.15, 0.2) is 66.1 Å². The minimum atomic E-state index is -5.53. The van der Waals surface area contributed by atoms with Gasteiger partial charge in [-0.2, -0.15) is 17.5 Å². The Kier molecular flexibility index (Phi) is 5.41. The van der Waals surface area contributed by atoms with Crippen LogP contribution in [0.5, 0.6) is 0 Å². The van der Waals surface area contributed by atoms with E-state index >= 15 is 0 Å². The summed E-state index contributed by atoms with van der Waals surface area (Å²) in [5, 5.41) is 0.379. The monoisotopic (exact) mass is 565 g/mol. The molecule has 1 N–H and O–H groups in total. The number of aromatic amines is 1. The quantitative estimate of drug-likeness (QED) is 0.346. The summed E-state index contributed by atoms with van der Waals surface area (Å²) in [5.74, 6) is 0.567. The Bertz CT molecular complexity index is 1880. The molecule has 0 spiro atoms. The van der Waals surface area contributed by atoms with Crippen LogP contribution in [0.2, 0.25) is 0 Å². The molecule has 0 bridgehead atoms. The average molecular weight is 566 g/mol. The maximum Gasteiger partial charge on any atom is 0.511 e. The summed E-state index contributed by atoms with van der Waals surface area (Å²) < 4.78 is 93.6. The number of sulfonamides is 1. The first kappa shape index (κ1) is 24.6. The van der Waals surface area contributed by atoms with Crippen LogP contribution in [0.4, 0.5) is 13.2 Å². The van der Waals surface area contributed by atoms with Crippen LogP contribution < -0.4 is 0 Å². The van der Waals surface area contributed by atoms with Crippen molar-refractivity contribution in [1.29, 1.82) is 0 Å². The second-order valence-electron chi connectivity index (χ2n) is 8.65. The molecule has 5 heterocycles. The zero-order valence-corrected chi connectivity index (χ0v) is 20.9. The molecule has 1 aromatic carbocycles. The molecule has 6 rings (SSSR count). The van der Waals surface area contributed by atoms with Gasteiger partial charge in [0.05, 0.1) is 22.7 Å². The summed E-state index contributed by atoms with van der Waals surface area (Å²) in [6.07, 6.45) is 5.81. The second kappa shape index (κ2) is 8.37. The van der Waals surface area contributed by atoms with Gasteiger partial charge in [-0.3, -0.25) is 0 Å². The van der Waals surface area contributed by atoms with Crippen LogP contribution >= 0.6 is 0 Å². The van der Waals surface area contributed by atoms with Crippen LogP contribution in [-0.2, 0) is 20.0 Å². The van der Waals surface area contributed by atoms with E-state index in [-0.39, 0.29) is 29.3 Å². The van der Waals surface area contributed by atoms with E-state index in [1.165, 1.54) is 36.8 Å². The Morgan fingerprint density at radius 3 is 2.47 bits per heavy atom. The van der Waals surface area contributed by atoms with E-state index in [2.05, 4.69) is 19.9 Å². The first-order valence-corrected chi connectivity index (χ1v) is 14.1. The van der Waals surface area contributed by atoms with Crippen LogP contribution in [0.25, 0.3) is 33.7 Å². The predicted octanol–water partition coefficient (Wildman–Crippen LogP) is 3.11. The lowest BCUT2D eigenvalue weighted by atomic mass is 10.2. The summed E-state index contributed by atoms with van der Waals surface area (Å²) in [7, 11) is -9.54. The van der Waals surface area contributed by atoms with Gasteiger partial charge in [-0.25, -0.2) is 35.8 Å². The lowest BCUT2D eigenvalue weighted by Gasteiger charge is -2.20. The normalized spacial score (nSPS) is 17.6. The van der Waals surface area contributed by atoms with Gasteiger partial charge in [0.2, 0.25) is 0 Å². The molecule has 198 valence electrons. The highest BCUT2D eigenvalue weighted by atomic mass is 32.2. The SMILES string of the molecule is O=S(=O)(c1ccccc1)n1ccc2c1ncc1nc(-c3ncc[nH]3)n(C3CCN(S(=O)(=O)C(F)(F)F)C3)c12. The summed E-state index contributed by atoms with van der Waals surface area (Å²) in [4.78, 5) is 16.1. The molecule has 11 nitrogen and oxygen atoms in total. The van der Waals surface area contributed by atoms with Gasteiger partial charge >= 0.3 is 15.5 Å². The van der Waals surface area contributed by atoms with Gasteiger partial charge in [0, 0.05) is 37.1 Å². The van der Waals surface area contributed by atoms with E-state index in [1.807, 2.05) is 0 Å². The van der Waals surface area contributed by atoms with E-state index in [0.29, 0.717) is 26.5 Å². The van der Waals surface area contributed by atoms with E-state index < -0.39 is 38.1 Å². The number of benzene rings is 1. The molecule has 0 saturated carbocycles. The molecule has 1 saturated heterocycles.